The van der Waals surface area contributed by atoms with E-state index in [-0.39, 0.29) is 0 Å². The summed E-state index contributed by atoms with van der Waals surface area (Å²) in [5, 5.41) is 1.07. The molecular formula is C14H10Cl2N2O. The molecule has 96 valence electrons. The number of benzene rings is 1. The smallest absolute Gasteiger partial charge is 0.207 e. The fourth-order valence-electron chi connectivity index (χ4n) is 1.88. The van der Waals surface area contributed by atoms with Gasteiger partial charge in [0.2, 0.25) is 5.28 Å². The van der Waals surface area contributed by atoms with Crippen molar-refractivity contribution < 1.29 is 4.74 Å². The van der Waals surface area contributed by atoms with Crippen LogP contribution in [0.4, 0.5) is 0 Å². The van der Waals surface area contributed by atoms with Gasteiger partial charge in [-0.1, -0.05) is 23.7 Å². The lowest BCUT2D eigenvalue weighted by Gasteiger charge is -2.04. The van der Waals surface area contributed by atoms with Gasteiger partial charge >= 0.3 is 0 Å². The Morgan fingerprint density at radius 3 is 2.84 bits per heavy atom. The van der Waals surface area contributed by atoms with E-state index < -0.39 is 0 Å². The van der Waals surface area contributed by atoms with Gasteiger partial charge < -0.3 is 4.74 Å². The predicted octanol–water partition coefficient (Wildman–Crippen LogP) is 4.22. The van der Waals surface area contributed by atoms with Gasteiger partial charge in [-0.2, -0.15) is 0 Å². The number of aromatic nitrogens is 2. The quantitative estimate of drug-likeness (QED) is 0.722. The predicted molar refractivity (Wildman–Crippen MR) is 76.0 cm³/mol. The molecule has 0 bridgehead atoms. The van der Waals surface area contributed by atoms with Gasteiger partial charge in [0.25, 0.3) is 0 Å². The first-order chi connectivity index (χ1) is 9.24. The van der Waals surface area contributed by atoms with Crippen molar-refractivity contribution in [1.29, 1.82) is 0 Å². The summed E-state index contributed by atoms with van der Waals surface area (Å²) in [4.78, 5) is 4.30. The molecule has 0 atom stereocenters. The molecule has 3 rings (SSSR count). The normalized spacial score (nSPS) is 10.8. The number of fused-ring (bicyclic) bond motifs is 1. The maximum absolute atomic E-state index is 6.06. The van der Waals surface area contributed by atoms with Crippen molar-refractivity contribution in [2.75, 3.05) is 0 Å². The number of hydrogen-bond acceptors (Lipinski definition) is 2. The van der Waals surface area contributed by atoms with E-state index in [0.29, 0.717) is 22.7 Å². The maximum Gasteiger partial charge on any atom is 0.207 e. The Morgan fingerprint density at radius 1 is 1.11 bits per heavy atom. The molecule has 0 N–H and O–H groups in total. The molecular weight excluding hydrogens is 283 g/mol. The molecule has 0 saturated carbocycles. The van der Waals surface area contributed by atoms with Gasteiger partial charge in [0.05, 0.1) is 5.52 Å². The minimum Gasteiger partial charge on any atom is -0.487 e. The molecule has 2 aromatic heterocycles. The van der Waals surface area contributed by atoms with Crippen molar-refractivity contribution >= 4 is 28.7 Å². The molecule has 3 aromatic rings. The van der Waals surface area contributed by atoms with Crippen molar-refractivity contribution in [3.05, 3.63) is 64.7 Å². The average molecular weight is 293 g/mol. The first-order valence-electron chi connectivity index (χ1n) is 5.74. The number of rotatable bonds is 3. The SMILES string of the molecule is Clc1cccc(OCc2nc(Cl)n3ccccc23)c1. The highest BCUT2D eigenvalue weighted by atomic mass is 35.5. The Hall–Kier alpha value is -1.71. The van der Waals surface area contributed by atoms with Crippen molar-refractivity contribution in [3.8, 4) is 5.75 Å². The van der Waals surface area contributed by atoms with Crippen LogP contribution < -0.4 is 4.74 Å². The van der Waals surface area contributed by atoms with E-state index in [1.165, 1.54) is 0 Å². The van der Waals surface area contributed by atoms with Crippen LogP contribution in [0.5, 0.6) is 5.75 Å². The summed E-state index contributed by atoms with van der Waals surface area (Å²) in [6, 6.07) is 13.1. The average Bonchev–Trinajstić information content (AvgIpc) is 2.74. The van der Waals surface area contributed by atoms with Crippen LogP contribution >= 0.6 is 23.2 Å². The van der Waals surface area contributed by atoms with Gasteiger partial charge in [0, 0.05) is 11.2 Å². The number of ether oxygens (including phenoxy) is 1. The van der Waals surface area contributed by atoms with E-state index in [1.54, 1.807) is 12.1 Å². The van der Waals surface area contributed by atoms with Crippen molar-refractivity contribution in [2.24, 2.45) is 0 Å². The third-order valence-corrected chi connectivity index (χ3v) is 3.25. The van der Waals surface area contributed by atoms with E-state index in [2.05, 4.69) is 4.98 Å². The highest BCUT2D eigenvalue weighted by Crippen LogP contribution is 2.21. The summed E-state index contributed by atoms with van der Waals surface area (Å²) < 4.78 is 7.49. The van der Waals surface area contributed by atoms with E-state index in [4.69, 9.17) is 27.9 Å². The fraction of sp³-hybridized carbons (Fsp3) is 0.0714. The van der Waals surface area contributed by atoms with Crippen LogP contribution in [-0.2, 0) is 6.61 Å². The van der Waals surface area contributed by atoms with Gasteiger partial charge in [-0.15, -0.1) is 0 Å². The van der Waals surface area contributed by atoms with Crippen LogP contribution in [0.1, 0.15) is 5.69 Å². The van der Waals surface area contributed by atoms with E-state index in [0.717, 1.165) is 11.2 Å². The van der Waals surface area contributed by atoms with E-state index in [1.807, 2.05) is 40.9 Å². The molecule has 19 heavy (non-hydrogen) atoms. The number of imidazole rings is 1. The Morgan fingerprint density at radius 2 is 2.00 bits per heavy atom. The van der Waals surface area contributed by atoms with Crippen LogP contribution in [0.25, 0.3) is 5.52 Å². The summed E-state index contributed by atoms with van der Waals surface area (Å²) in [5.74, 6) is 0.709. The van der Waals surface area contributed by atoms with Crippen molar-refractivity contribution in [3.63, 3.8) is 0 Å². The van der Waals surface area contributed by atoms with Gasteiger partial charge in [-0.3, -0.25) is 4.40 Å². The molecule has 1 aromatic carbocycles. The maximum atomic E-state index is 6.06. The second kappa shape index (κ2) is 5.11. The molecule has 0 unspecified atom stereocenters. The standard InChI is InChI=1S/C14H10Cl2N2O/c15-10-4-3-5-11(8-10)19-9-12-13-6-1-2-7-18(13)14(16)17-12/h1-8H,9H2. The van der Waals surface area contributed by atoms with Gasteiger partial charge in [-0.05, 0) is 41.9 Å². The molecule has 0 saturated heterocycles. The second-order valence-corrected chi connectivity index (χ2v) is 4.80. The van der Waals surface area contributed by atoms with E-state index >= 15 is 0 Å². The van der Waals surface area contributed by atoms with E-state index in [9.17, 15) is 0 Å². The summed E-state index contributed by atoms with van der Waals surface area (Å²) in [6.45, 7) is 0.348. The Balaban J connectivity index is 1.86. The van der Waals surface area contributed by atoms with Crippen molar-refractivity contribution in [2.45, 2.75) is 6.61 Å². The monoisotopic (exact) mass is 292 g/mol. The molecule has 0 fully saturated rings. The molecule has 2 heterocycles. The van der Waals surface area contributed by atoms with Crippen LogP contribution in [0, 0.1) is 0 Å². The van der Waals surface area contributed by atoms with Crippen LogP contribution in [0.2, 0.25) is 10.3 Å². The van der Waals surface area contributed by atoms with Crippen molar-refractivity contribution in [1.82, 2.24) is 9.38 Å². The fourth-order valence-corrected chi connectivity index (χ4v) is 2.31. The lowest BCUT2D eigenvalue weighted by Crippen LogP contribution is -1.96. The molecule has 0 amide bonds. The summed E-state index contributed by atoms with van der Waals surface area (Å²) in [7, 11) is 0. The Labute approximate surface area is 120 Å². The Bertz CT molecular complexity index is 724. The molecule has 0 radical (unpaired) electrons. The highest BCUT2D eigenvalue weighted by molar-refractivity contribution is 6.30. The molecule has 3 nitrogen and oxygen atoms in total. The summed E-state index contributed by atoms with van der Waals surface area (Å²) in [6.07, 6.45) is 1.87. The van der Waals surface area contributed by atoms with Crippen LogP contribution in [0.15, 0.2) is 48.7 Å². The minimum atomic E-state index is 0.348. The minimum absolute atomic E-state index is 0.348. The zero-order chi connectivity index (χ0) is 13.2. The van der Waals surface area contributed by atoms with Gasteiger partial charge in [0.15, 0.2) is 0 Å². The van der Waals surface area contributed by atoms with Crippen LogP contribution in [0.3, 0.4) is 0 Å². The molecule has 0 aliphatic rings. The van der Waals surface area contributed by atoms with Crippen LogP contribution in [-0.4, -0.2) is 9.38 Å². The van der Waals surface area contributed by atoms with Gasteiger partial charge in [0.1, 0.15) is 18.1 Å². The Kier molecular flexibility index (Phi) is 3.32. The number of halogens is 2. The third-order valence-electron chi connectivity index (χ3n) is 2.75. The van der Waals surface area contributed by atoms with Gasteiger partial charge in [-0.25, -0.2) is 4.98 Å². The summed E-state index contributed by atoms with van der Waals surface area (Å²) >= 11 is 12.0. The first kappa shape index (κ1) is 12.3. The first-order valence-corrected chi connectivity index (χ1v) is 6.49. The zero-order valence-corrected chi connectivity index (χ0v) is 11.4. The number of nitrogens with zero attached hydrogens (tertiary/aromatic N) is 2. The number of pyridine rings is 1. The zero-order valence-electron chi connectivity index (χ0n) is 9.88. The lowest BCUT2D eigenvalue weighted by atomic mass is 10.3. The number of hydrogen-bond donors (Lipinski definition) is 0. The lowest BCUT2D eigenvalue weighted by molar-refractivity contribution is 0.303. The molecule has 0 aliphatic carbocycles. The topological polar surface area (TPSA) is 26.5 Å². The highest BCUT2D eigenvalue weighted by Gasteiger charge is 2.09. The molecule has 0 spiro atoms. The second-order valence-electron chi connectivity index (χ2n) is 4.03. The largest absolute Gasteiger partial charge is 0.487 e. The molecule has 0 aliphatic heterocycles. The molecule has 5 heteroatoms. The third kappa shape index (κ3) is 2.53. The summed E-state index contributed by atoms with van der Waals surface area (Å²) in [5.41, 5.74) is 1.74.